The lowest BCUT2D eigenvalue weighted by Gasteiger charge is -2.07. The molecule has 26 heavy (non-hydrogen) atoms. The summed E-state index contributed by atoms with van der Waals surface area (Å²) in [5, 5.41) is 2.95. The second kappa shape index (κ2) is 6.84. The zero-order chi connectivity index (χ0) is 17.9. The number of aryl methyl sites for hydroxylation is 1. The van der Waals surface area contributed by atoms with Gasteiger partial charge >= 0.3 is 0 Å². The third-order valence-corrected chi connectivity index (χ3v) is 4.13. The van der Waals surface area contributed by atoms with Crippen molar-refractivity contribution in [2.45, 2.75) is 13.3 Å². The van der Waals surface area contributed by atoms with Gasteiger partial charge in [0.25, 0.3) is 0 Å². The topological polar surface area (TPSA) is 55.1 Å². The summed E-state index contributed by atoms with van der Waals surface area (Å²) < 4.78 is 5.80. The summed E-state index contributed by atoms with van der Waals surface area (Å²) >= 11 is 0. The SMILES string of the molecule is Cc1cccc(CC(=O)Nc2cccc(-c3nc4ccccc4o3)c2)c1. The van der Waals surface area contributed by atoms with Crippen LogP contribution in [0.3, 0.4) is 0 Å². The van der Waals surface area contributed by atoms with Crippen LogP contribution < -0.4 is 5.32 Å². The van der Waals surface area contributed by atoms with E-state index in [1.807, 2.05) is 79.7 Å². The van der Waals surface area contributed by atoms with Gasteiger partial charge in [0, 0.05) is 11.3 Å². The minimum atomic E-state index is -0.0506. The monoisotopic (exact) mass is 342 g/mol. The molecule has 0 aliphatic rings. The van der Waals surface area contributed by atoms with Crippen LogP contribution in [-0.4, -0.2) is 10.9 Å². The lowest BCUT2D eigenvalue weighted by Crippen LogP contribution is -2.14. The number of aromatic nitrogens is 1. The first kappa shape index (κ1) is 16.1. The molecule has 0 saturated heterocycles. The average Bonchev–Trinajstić information content (AvgIpc) is 3.06. The van der Waals surface area contributed by atoms with Crippen molar-refractivity contribution in [1.29, 1.82) is 0 Å². The maximum absolute atomic E-state index is 12.3. The van der Waals surface area contributed by atoms with Crippen molar-refractivity contribution >= 4 is 22.7 Å². The Bertz CT molecular complexity index is 1050. The van der Waals surface area contributed by atoms with E-state index in [-0.39, 0.29) is 5.91 Å². The molecule has 4 rings (SSSR count). The van der Waals surface area contributed by atoms with Gasteiger partial charge < -0.3 is 9.73 Å². The molecule has 0 fully saturated rings. The van der Waals surface area contributed by atoms with Crippen LogP contribution >= 0.6 is 0 Å². The minimum absolute atomic E-state index is 0.0506. The molecular formula is C22H18N2O2. The molecule has 4 heteroatoms. The van der Waals surface area contributed by atoms with Crippen LogP contribution in [0.15, 0.2) is 77.2 Å². The molecule has 0 aliphatic carbocycles. The van der Waals surface area contributed by atoms with Gasteiger partial charge in [0.05, 0.1) is 6.42 Å². The van der Waals surface area contributed by atoms with E-state index in [1.165, 1.54) is 0 Å². The standard InChI is InChI=1S/C22H18N2O2/c1-15-6-4-7-16(12-15)13-21(25)23-18-9-5-8-17(14-18)22-24-19-10-2-3-11-20(19)26-22/h2-12,14H,13H2,1H3,(H,23,25). The summed E-state index contributed by atoms with van der Waals surface area (Å²) in [7, 11) is 0. The second-order valence-corrected chi connectivity index (χ2v) is 6.28. The summed E-state index contributed by atoms with van der Waals surface area (Å²) in [4.78, 5) is 16.8. The number of carbonyl (C=O) groups is 1. The highest BCUT2D eigenvalue weighted by atomic mass is 16.3. The van der Waals surface area contributed by atoms with Gasteiger partial charge in [0.15, 0.2) is 5.58 Å². The van der Waals surface area contributed by atoms with Gasteiger partial charge in [0.1, 0.15) is 5.52 Å². The first-order valence-electron chi connectivity index (χ1n) is 8.49. The molecule has 3 aromatic carbocycles. The first-order chi connectivity index (χ1) is 12.7. The number of carbonyl (C=O) groups excluding carboxylic acids is 1. The van der Waals surface area contributed by atoms with Gasteiger partial charge in [-0.25, -0.2) is 4.98 Å². The number of para-hydroxylation sites is 2. The van der Waals surface area contributed by atoms with Gasteiger partial charge in [-0.1, -0.05) is 48.0 Å². The van der Waals surface area contributed by atoms with E-state index >= 15 is 0 Å². The number of oxazole rings is 1. The van der Waals surface area contributed by atoms with Crippen molar-refractivity contribution in [2.75, 3.05) is 5.32 Å². The number of benzene rings is 3. The van der Waals surface area contributed by atoms with E-state index in [2.05, 4.69) is 10.3 Å². The maximum atomic E-state index is 12.3. The number of amides is 1. The fraction of sp³-hybridized carbons (Fsp3) is 0.0909. The van der Waals surface area contributed by atoms with Crippen LogP contribution in [0.1, 0.15) is 11.1 Å². The number of rotatable bonds is 4. The van der Waals surface area contributed by atoms with Crippen LogP contribution in [0.4, 0.5) is 5.69 Å². The molecule has 0 aliphatic heterocycles. The molecule has 0 atom stereocenters. The Balaban J connectivity index is 1.53. The zero-order valence-electron chi connectivity index (χ0n) is 14.4. The van der Waals surface area contributed by atoms with Crippen LogP contribution in [0.25, 0.3) is 22.6 Å². The number of hydrogen-bond donors (Lipinski definition) is 1. The number of hydrogen-bond acceptors (Lipinski definition) is 3. The molecular weight excluding hydrogens is 324 g/mol. The van der Waals surface area contributed by atoms with Crippen LogP contribution in [0.5, 0.6) is 0 Å². The predicted molar refractivity (Wildman–Crippen MR) is 103 cm³/mol. The Kier molecular flexibility index (Phi) is 4.23. The van der Waals surface area contributed by atoms with Crippen molar-refractivity contribution in [3.8, 4) is 11.5 Å². The summed E-state index contributed by atoms with van der Waals surface area (Å²) in [5.41, 5.74) is 5.26. The Hall–Kier alpha value is -3.40. The smallest absolute Gasteiger partial charge is 0.228 e. The van der Waals surface area contributed by atoms with Crippen LogP contribution in [0.2, 0.25) is 0 Å². The van der Waals surface area contributed by atoms with E-state index in [0.717, 1.165) is 33.5 Å². The van der Waals surface area contributed by atoms with E-state index in [4.69, 9.17) is 4.42 Å². The first-order valence-corrected chi connectivity index (χ1v) is 8.49. The van der Waals surface area contributed by atoms with Crippen LogP contribution in [0, 0.1) is 6.92 Å². The lowest BCUT2D eigenvalue weighted by molar-refractivity contribution is -0.115. The van der Waals surface area contributed by atoms with Crippen molar-refractivity contribution in [3.05, 3.63) is 83.9 Å². The third-order valence-electron chi connectivity index (χ3n) is 4.13. The quantitative estimate of drug-likeness (QED) is 0.569. The number of nitrogens with one attached hydrogen (secondary N) is 1. The van der Waals surface area contributed by atoms with Crippen molar-refractivity contribution < 1.29 is 9.21 Å². The van der Waals surface area contributed by atoms with Crippen molar-refractivity contribution in [3.63, 3.8) is 0 Å². The lowest BCUT2D eigenvalue weighted by atomic mass is 10.1. The van der Waals surface area contributed by atoms with Gasteiger partial charge in [-0.3, -0.25) is 4.79 Å². The summed E-state index contributed by atoms with van der Waals surface area (Å²) in [6, 6.07) is 23.1. The minimum Gasteiger partial charge on any atom is -0.436 e. The van der Waals surface area contributed by atoms with Crippen LogP contribution in [-0.2, 0) is 11.2 Å². The largest absolute Gasteiger partial charge is 0.436 e. The second-order valence-electron chi connectivity index (χ2n) is 6.28. The molecule has 1 heterocycles. The van der Waals surface area contributed by atoms with Gasteiger partial charge in [-0.15, -0.1) is 0 Å². The molecule has 1 N–H and O–H groups in total. The van der Waals surface area contributed by atoms with Gasteiger partial charge in [-0.2, -0.15) is 0 Å². The fourth-order valence-electron chi connectivity index (χ4n) is 2.94. The molecule has 0 bridgehead atoms. The predicted octanol–water partition coefficient (Wildman–Crippen LogP) is 4.98. The average molecular weight is 342 g/mol. The molecule has 0 spiro atoms. The zero-order valence-corrected chi connectivity index (χ0v) is 14.4. The highest BCUT2D eigenvalue weighted by Gasteiger charge is 2.10. The van der Waals surface area contributed by atoms with E-state index in [1.54, 1.807) is 0 Å². The third kappa shape index (κ3) is 3.49. The van der Waals surface area contributed by atoms with Crippen molar-refractivity contribution in [1.82, 2.24) is 4.98 Å². The van der Waals surface area contributed by atoms with E-state index < -0.39 is 0 Å². The summed E-state index contributed by atoms with van der Waals surface area (Å²) in [6.07, 6.45) is 0.342. The van der Waals surface area contributed by atoms with Gasteiger partial charge in [0.2, 0.25) is 11.8 Å². The number of anilines is 1. The Morgan fingerprint density at radius 2 is 1.85 bits per heavy atom. The molecule has 0 unspecified atom stereocenters. The molecule has 0 saturated carbocycles. The molecule has 128 valence electrons. The van der Waals surface area contributed by atoms with Crippen molar-refractivity contribution in [2.24, 2.45) is 0 Å². The molecule has 1 amide bonds. The fourth-order valence-corrected chi connectivity index (χ4v) is 2.94. The Morgan fingerprint density at radius 1 is 1.00 bits per heavy atom. The van der Waals surface area contributed by atoms with Gasteiger partial charge in [-0.05, 0) is 42.8 Å². The van der Waals surface area contributed by atoms with E-state index in [9.17, 15) is 4.79 Å². The number of fused-ring (bicyclic) bond motifs is 1. The molecule has 1 aromatic heterocycles. The normalized spacial score (nSPS) is 10.8. The molecule has 0 radical (unpaired) electrons. The highest BCUT2D eigenvalue weighted by molar-refractivity contribution is 5.93. The highest BCUT2D eigenvalue weighted by Crippen LogP contribution is 2.26. The molecule has 4 nitrogen and oxygen atoms in total. The maximum Gasteiger partial charge on any atom is 0.228 e. The number of nitrogens with zero attached hydrogens (tertiary/aromatic N) is 1. The summed E-state index contributed by atoms with van der Waals surface area (Å²) in [5.74, 6) is 0.492. The Labute approximate surface area is 151 Å². The molecule has 4 aromatic rings. The Morgan fingerprint density at radius 3 is 2.69 bits per heavy atom. The summed E-state index contributed by atoms with van der Waals surface area (Å²) in [6.45, 7) is 2.02. The van der Waals surface area contributed by atoms with E-state index in [0.29, 0.717) is 12.3 Å².